The van der Waals surface area contributed by atoms with Crippen LogP contribution in [0, 0.1) is 5.92 Å². The highest BCUT2D eigenvalue weighted by Gasteiger charge is 2.50. The Balaban J connectivity index is 1.35. The van der Waals surface area contributed by atoms with Crippen molar-refractivity contribution in [3.05, 3.63) is 41.7 Å². The minimum Gasteiger partial charge on any atom is -0.396 e. The van der Waals surface area contributed by atoms with Crippen LogP contribution >= 0.6 is 0 Å². The molecule has 4 atom stereocenters. The summed E-state index contributed by atoms with van der Waals surface area (Å²) in [6, 6.07) is 8.19. The Morgan fingerprint density at radius 2 is 1.94 bits per heavy atom. The van der Waals surface area contributed by atoms with Gasteiger partial charge in [0.2, 0.25) is 14.3 Å². The third-order valence-electron chi connectivity index (χ3n) is 7.11. The van der Waals surface area contributed by atoms with E-state index in [1.807, 2.05) is 18.3 Å². The Hall–Kier alpha value is -2.10. The number of benzene rings is 1. The number of rotatable bonds is 10. The minimum absolute atomic E-state index is 0.0276. The van der Waals surface area contributed by atoms with Crippen molar-refractivity contribution in [2.75, 3.05) is 18.1 Å². The van der Waals surface area contributed by atoms with Gasteiger partial charge in [0.25, 0.3) is 0 Å². The second-order valence-electron chi connectivity index (χ2n) is 9.90. The molecule has 1 amide bonds. The summed E-state index contributed by atoms with van der Waals surface area (Å²) >= 11 is 0. The molecule has 0 unspecified atom stereocenters. The first-order valence-electron chi connectivity index (χ1n) is 12.0. The molecule has 3 heterocycles. The maximum atomic E-state index is 15.3. The molecule has 2 aliphatic rings. The lowest BCUT2D eigenvalue weighted by Gasteiger charge is -2.30. The smallest absolute Gasteiger partial charge is 0.246 e. The predicted octanol–water partition coefficient (Wildman–Crippen LogP) is 3.52. The van der Waals surface area contributed by atoms with Crippen molar-refractivity contribution in [1.82, 2.24) is 15.0 Å². The van der Waals surface area contributed by atoms with Gasteiger partial charge in [-0.05, 0) is 56.0 Å². The molecule has 9 heteroatoms. The fraction of sp³-hybridized carbons (Fsp3) is 0.625. The third-order valence-corrected chi connectivity index (χ3v) is 9.59. The molecule has 7 nitrogen and oxygen atoms in total. The number of halogens is 1. The number of anilines is 1. The number of aliphatic hydroxyl groups is 1. The molecular weight excluding hydrogens is 439 g/mol. The lowest BCUT2D eigenvalue weighted by atomic mass is 9.95. The molecule has 0 saturated carbocycles. The van der Waals surface area contributed by atoms with Crippen molar-refractivity contribution < 1.29 is 18.7 Å². The van der Waals surface area contributed by atoms with Crippen LogP contribution < -0.4 is 4.90 Å². The second kappa shape index (κ2) is 10.0. The molecule has 0 bridgehead atoms. The molecule has 1 N–H and O–H groups in total. The van der Waals surface area contributed by atoms with Gasteiger partial charge in [-0.3, -0.25) is 9.48 Å². The number of aromatic nitrogens is 3. The molecule has 4 rings (SSSR count). The second-order valence-corrected chi connectivity index (χ2v) is 13.7. The van der Waals surface area contributed by atoms with E-state index in [0.717, 1.165) is 30.8 Å². The largest absolute Gasteiger partial charge is 0.396 e. The van der Waals surface area contributed by atoms with Crippen LogP contribution in [0.15, 0.2) is 30.5 Å². The number of β-lactam (4-membered cyclic amide) rings is 1. The predicted molar refractivity (Wildman–Crippen MR) is 127 cm³/mol. The van der Waals surface area contributed by atoms with Gasteiger partial charge in [0.05, 0.1) is 17.9 Å². The number of carbonyl (C=O) groups excluding carboxylic acids is 1. The van der Waals surface area contributed by atoms with Gasteiger partial charge in [-0.15, -0.1) is 5.10 Å². The topological polar surface area (TPSA) is 80.5 Å². The van der Waals surface area contributed by atoms with E-state index in [0.29, 0.717) is 25.8 Å². The van der Waals surface area contributed by atoms with Gasteiger partial charge in [-0.1, -0.05) is 24.3 Å². The molecule has 2 aliphatic heterocycles. The Morgan fingerprint density at radius 3 is 2.55 bits per heavy atom. The van der Waals surface area contributed by atoms with E-state index < -0.39 is 8.41 Å². The van der Waals surface area contributed by atoms with Crippen molar-refractivity contribution in [3.8, 4) is 0 Å². The van der Waals surface area contributed by atoms with E-state index in [-0.39, 0.29) is 36.2 Å². The van der Waals surface area contributed by atoms with Crippen LogP contribution in [-0.2, 0) is 28.9 Å². The van der Waals surface area contributed by atoms with E-state index in [4.69, 9.17) is 9.84 Å². The highest BCUT2D eigenvalue weighted by atomic mass is 28.4. The van der Waals surface area contributed by atoms with Crippen molar-refractivity contribution in [2.24, 2.45) is 5.92 Å². The number of hydrogen-bond donors (Lipinski definition) is 1. The Morgan fingerprint density at radius 1 is 1.18 bits per heavy atom. The standard InChI is InChI=1S/C24H35FN4O3Si/c1-17-21(9-6-18-4-7-20(8-5-18)29-14-11-23(29)31)32-22(24(17)33(2,3)25)10-13-28-16-19(12-15-30)26-27-28/h4-5,7-8,16-17,21-22,24,30H,6,9-15H2,1-3H3/t17-,21+,22-,24+/m1/s1. The SMILES string of the molecule is C[C@H]1[C@H]([Si](C)(C)F)[C@@H](CCn2cc(CCO)nn2)O[C@H]1CCc1ccc(N2CCC2=O)cc1. The highest BCUT2D eigenvalue weighted by molar-refractivity contribution is 6.72. The van der Waals surface area contributed by atoms with Gasteiger partial charge in [-0.25, -0.2) is 0 Å². The van der Waals surface area contributed by atoms with Crippen LogP contribution in [0.4, 0.5) is 9.80 Å². The van der Waals surface area contributed by atoms with Crippen LogP contribution in [0.1, 0.15) is 37.4 Å². The molecule has 1 aromatic carbocycles. The summed E-state index contributed by atoms with van der Waals surface area (Å²) in [6.45, 7) is 7.19. The highest BCUT2D eigenvalue weighted by Crippen LogP contribution is 2.47. The van der Waals surface area contributed by atoms with Crippen molar-refractivity contribution in [2.45, 2.75) is 76.4 Å². The number of hydrogen-bond acceptors (Lipinski definition) is 5. The lowest BCUT2D eigenvalue weighted by molar-refractivity contribution is -0.122. The van der Waals surface area contributed by atoms with Gasteiger partial charge in [0.15, 0.2) is 0 Å². The van der Waals surface area contributed by atoms with Crippen molar-refractivity contribution >= 4 is 20.0 Å². The van der Waals surface area contributed by atoms with Crippen molar-refractivity contribution in [1.29, 1.82) is 0 Å². The number of ether oxygens (including phenoxy) is 1. The van der Waals surface area contributed by atoms with E-state index in [1.54, 1.807) is 22.7 Å². The zero-order valence-corrected chi connectivity index (χ0v) is 20.8. The zero-order chi connectivity index (χ0) is 23.6. The summed E-state index contributed by atoms with van der Waals surface area (Å²) in [5.74, 6) is 0.349. The van der Waals surface area contributed by atoms with Crippen molar-refractivity contribution in [3.63, 3.8) is 0 Å². The zero-order valence-electron chi connectivity index (χ0n) is 19.8. The molecule has 2 saturated heterocycles. The van der Waals surface area contributed by atoms with Gasteiger partial charge < -0.3 is 18.9 Å². The van der Waals surface area contributed by atoms with Crippen LogP contribution in [0.5, 0.6) is 0 Å². The normalized spacial score (nSPS) is 25.5. The molecular formula is C24H35FN4O3Si. The van der Waals surface area contributed by atoms with E-state index >= 15 is 4.11 Å². The van der Waals surface area contributed by atoms with Gasteiger partial charge in [0.1, 0.15) is 0 Å². The number of amides is 1. The van der Waals surface area contributed by atoms with Crippen LogP contribution in [-0.4, -0.2) is 59.8 Å². The summed E-state index contributed by atoms with van der Waals surface area (Å²) in [6.07, 6.45) is 5.29. The first-order chi connectivity index (χ1) is 15.8. The molecule has 33 heavy (non-hydrogen) atoms. The first-order valence-corrected chi connectivity index (χ1v) is 15.0. The van der Waals surface area contributed by atoms with E-state index in [1.165, 1.54) is 5.56 Å². The summed E-state index contributed by atoms with van der Waals surface area (Å²) in [4.78, 5) is 13.4. The Kier molecular flexibility index (Phi) is 7.30. The maximum absolute atomic E-state index is 15.3. The summed E-state index contributed by atoms with van der Waals surface area (Å²) < 4.78 is 23.5. The van der Waals surface area contributed by atoms with Gasteiger partial charge >= 0.3 is 0 Å². The molecule has 1 aromatic heterocycles. The fourth-order valence-electron chi connectivity index (χ4n) is 5.32. The monoisotopic (exact) mass is 474 g/mol. The number of aliphatic hydroxyl groups excluding tert-OH is 1. The fourth-order valence-corrected chi connectivity index (χ4v) is 7.92. The summed E-state index contributed by atoms with van der Waals surface area (Å²) in [5.41, 5.74) is 2.87. The average Bonchev–Trinajstić information content (AvgIpc) is 3.34. The molecule has 0 spiro atoms. The molecule has 0 aliphatic carbocycles. The minimum atomic E-state index is -2.91. The van der Waals surface area contributed by atoms with Gasteiger partial charge in [0, 0.05) is 50.0 Å². The first kappa shape index (κ1) is 24.0. The van der Waals surface area contributed by atoms with Crippen LogP contribution in [0.2, 0.25) is 18.6 Å². The molecule has 2 fully saturated rings. The molecule has 2 aromatic rings. The number of carbonyl (C=O) groups is 1. The van der Waals surface area contributed by atoms with Gasteiger partial charge in [-0.2, -0.15) is 0 Å². The average molecular weight is 475 g/mol. The van der Waals surface area contributed by atoms with E-state index in [9.17, 15) is 4.79 Å². The molecule has 0 radical (unpaired) electrons. The lowest BCUT2D eigenvalue weighted by Crippen LogP contribution is -2.43. The maximum Gasteiger partial charge on any atom is 0.246 e. The van der Waals surface area contributed by atoms with Crippen LogP contribution in [0.3, 0.4) is 0 Å². The number of nitrogens with zero attached hydrogens (tertiary/aromatic N) is 4. The summed E-state index contributed by atoms with van der Waals surface area (Å²) in [7, 11) is -2.91. The van der Waals surface area contributed by atoms with Crippen LogP contribution in [0.25, 0.3) is 0 Å². The Bertz CT molecular complexity index is 946. The number of aryl methyl sites for hydroxylation is 2. The molecule has 180 valence electrons. The third kappa shape index (κ3) is 5.52. The quantitative estimate of drug-likeness (QED) is 0.324. The van der Waals surface area contributed by atoms with E-state index in [2.05, 4.69) is 29.4 Å². The Labute approximate surface area is 196 Å². The summed E-state index contributed by atoms with van der Waals surface area (Å²) in [5, 5.41) is 17.3.